The van der Waals surface area contributed by atoms with Gasteiger partial charge in [-0.25, -0.2) is 4.79 Å². The highest BCUT2D eigenvalue weighted by molar-refractivity contribution is 8.00. The van der Waals surface area contributed by atoms with Gasteiger partial charge in [0.05, 0.1) is 4.70 Å². The molecule has 0 aliphatic carbocycles. The highest BCUT2D eigenvalue weighted by Crippen LogP contribution is 2.40. The fourth-order valence-electron chi connectivity index (χ4n) is 4.08. The number of carbonyl (C=O) groups excluding carboxylic acids is 2. The first-order valence-corrected chi connectivity index (χ1v) is 12.8. The molecule has 3 aromatic heterocycles. The number of nitrogen functional groups attached to an aromatic ring is 1. The van der Waals surface area contributed by atoms with Crippen LogP contribution in [0, 0.1) is 0 Å². The lowest BCUT2D eigenvalue weighted by molar-refractivity contribution is -0.663. The number of fused-ring (bicyclic) bond motifs is 2. The first-order chi connectivity index (χ1) is 17.4. The van der Waals surface area contributed by atoms with Crippen LogP contribution < -0.4 is 15.6 Å². The molecule has 186 valence electrons. The second-order valence-corrected chi connectivity index (χ2v) is 9.91. The number of carboxylic acid groups (broad SMARTS) is 1. The lowest BCUT2D eigenvalue weighted by atomic mass is 10.0. The van der Waals surface area contributed by atoms with Crippen LogP contribution in [-0.4, -0.2) is 62.3 Å². The van der Waals surface area contributed by atoms with Gasteiger partial charge in [-0.3, -0.25) is 14.5 Å². The van der Waals surface area contributed by atoms with Crippen molar-refractivity contribution in [3.05, 3.63) is 53.0 Å². The summed E-state index contributed by atoms with van der Waals surface area (Å²) < 4.78 is 8.00. The largest absolute Gasteiger partial charge is 0.477 e. The molecule has 14 heteroatoms. The molecule has 0 saturated carbocycles. The molecule has 5 rings (SSSR count). The Labute approximate surface area is 212 Å². The summed E-state index contributed by atoms with van der Waals surface area (Å²) in [7, 11) is 0. The molecular formula is C22H21N6O6S2+. The minimum absolute atomic E-state index is 0.0476. The number of aromatic nitrogens is 2. The number of anilines is 1. The maximum absolute atomic E-state index is 13.1. The summed E-state index contributed by atoms with van der Waals surface area (Å²) >= 11 is 2.98. The molecule has 36 heavy (non-hydrogen) atoms. The number of oxime groups is 1. The Morgan fingerprint density at radius 2 is 2.28 bits per heavy atom. The summed E-state index contributed by atoms with van der Waals surface area (Å²) in [6.07, 6.45) is 3.04. The summed E-state index contributed by atoms with van der Waals surface area (Å²) in [5.74, 6) is -2.05. The molecule has 12 nitrogen and oxygen atoms in total. The second-order valence-electron chi connectivity index (χ2n) is 7.85. The van der Waals surface area contributed by atoms with Crippen LogP contribution in [-0.2, 0) is 25.8 Å². The van der Waals surface area contributed by atoms with Gasteiger partial charge < -0.3 is 25.4 Å². The number of pyridine rings is 1. The van der Waals surface area contributed by atoms with E-state index in [9.17, 15) is 19.5 Å². The highest BCUT2D eigenvalue weighted by Gasteiger charge is 2.54. The van der Waals surface area contributed by atoms with Crippen LogP contribution >= 0.6 is 23.1 Å². The van der Waals surface area contributed by atoms with E-state index in [-0.39, 0.29) is 29.7 Å². The molecule has 3 aromatic rings. The van der Waals surface area contributed by atoms with Gasteiger partial charge in [0.25, 0.3) is 17.8 Å². The Hall–Kier alpha value is -3.91. The number of nitrogens with zero attached hydrogens (tertiary/aromatic N) is 4. The minimum atomic E-state index is -1.19. The summed E-state index contributed by atoms with van der Waals surface area (Å²) in [6.45, 7) is 2.22. The van der Waals surface area contributed by atoms with Crippen LogP contribution in [0.2, 0.25) is 0 Å². The van der Waals surface area contributed by atoms with Crippen LogP contribution in [0.4, 0.5) is 6.01 Å². The number of hydrogen-bond acceptors (Lipinski definition) is 10. The molecule has 2 atom stereocenters. The lowest BCUT2D eigenvalue weighted by Gasteiger charge is -2.49. The van der Waals surface area contributed by atoms with Crippen LogP contribution in [0.1, 0.15) is 12.6 Å². The molecule has 2 aliphatic heterocycles. The van der Waals surface area contributed by atoms with Crippen molar-refractivity contribution in [1.82, 2.24) is 15.2 Å². The number of nitrogens with one attached hydrogen (secondary N) is 1. The fraction of sp³-hybridized carbons (Fsp3) is 0.273. The van der Waals surface area contributed by atoms with Crippen molar-refractivity contribution >= 4 is 62.8 Å². The Morgan fingerprint density at radius 3 is 3.00 bits per heavy atom. The van der Waals surface area contributed by atoms with E-state index in [1.165, 1.54) is 16.7 Å². The van der Waals surface area contributed by atoms with E-state index >= 15 is 0 Å². The summed E-state index contributed by atoms with van der Waals surface area (Å²) in [5, 5.41) is 17.8. The third-order valence-electron chi connectivity index (χ3n) is 5.66. The smallest absolute Gasteiger partial charge is 0.352 e. The van der Waals surface area contributed by atoms with Crippen molar-refractivity contribution in [2.45, 2.75) is 24.9 Å². The average Bonchev–Trinajstić information content (AvgIpc) is 3.52. The van der Waals surface area contributed by atoms with Crippen LogP contribution in [0.5, 0.6) is 0 Å². The maximum atomic E-state index is 13.1. The third kappa shape index (κ3) is 4.18. The molecule has 5 heterocycles. The molecule has 0 bridgehead atoms. The number of amides is 2. The number of hydrogen-bond donors (Lipinski definition) is 3. The molecule has 0 radical (unpaired) electrons. The normalized spacial score (nSPS) is 19.8. The SMILES string of the molecule is CCON=C(C(=O)NC1C(=O)N2C(C(=O)O)=C(C[n+]3cccc4sccc43)CS[C@@H]12)c1coc(N)n1. The van der Waals surface area contributed by atoms with Crippen molar-refractivity contribution in [3.63, 3.8) is 0 Å². The van der Waals surface area contributed by atoms with E-state index < -0.39 is 29.2 Å². The van der Waals surface area contributed by atoms with Crippen molar-refractivity contribution in [2.75, 3.05) is 18.1 Å². The first kappa shape index (κ1) is 23.8. The van der Waals surface area contributed by atoms with E-state index in [0.717, 1.165) is 16.5 Å². The number of oxazole rings is 1. The van der Waals surface area contributed by atoms with Gasteiger partial charge in [-0.2, -0.15) is 9.55 Å². The third-order valence-corrected chi connectivity index (χ3v) is 7.87. The number of nitrogens with two attached hydrogens (primary N) is 1. The monoisotopic (exact) mass is 529 g/mol. The minimum Gasteiger partial charge on any atom is -0.477 e. The van der Waals surface area contributed by atoms with Crippen molar-refractivity contribution in [2.24, 2.45) is 5.16 Å². The number of carbonyl (C=O) groups is 3. The predicted octanol–water partition coefficient (Wildman–Crippen LogP) is 0.938. The molecule has 1 saturated heterocycles. The molecule has 0 spiro atoms. The zero-order valence-electron chi connectivity index (χ0n) is 18.9. The summed E-state index contributed by atoms with van der Waals surface area (Å²) in [6, 6.07) is 4.78. The molecule has 2 aliphatic rings. The van der Waals surface area contributed by atoms with E-state index in [1.54, 1.807) is 18.3 Å². The number of aliphatic carboxylic acids is 1. The molecule has 4 N–H and O–H groups in total. The number of carboxylic acids is 1. The first-order valence-electron chi connectivity index (χ1n) is 10.9. The van der Waals surface area contributed by atoms with Gasteiger partial charge in [0.15, 0.2) is 18.5 Å². The van der Waals surface area contributed by atoms with Crippen molar-refractivity contribution in [3.8, 4) is 0 Å². The van der Waals surface area contributed by atoms with Crippen LogP contribution in [0.15, 0.2) is 56.9 Å². The Kier molecular flexibility index (Phi) is 6.36. The van der Waals surface area contributed by atoms with E-state index in [0.29, 0.717) is 17.9 Å². The standard InChI is InChI=1S/C22H20N6O6S2/c1-2-34-26-15(12-9-33-22(23)24-12)18(29)25-16-19(30)28-17(21(31)32)11(10-36-20(16)28)8-27-6-3-4-14-13(27)5-7-35-14/h3-7,9,16,20H,2,8,10H2,1H3,(H3-,23,24,25,29,31,32)/p+1/t16?,20-/m0/s1. The average molecular weight is 530 g/mol. The zero-order chi connectivity index (χ0) is 25.4. The van der Waals surface area contributed by atoms with Crippen LogP contribution in [0.25, 0.3) is 10.2 Å². The zero-order valence-corrected chi connectivity index (χ0v) is 20.5. The molecule has 2 amide bonds. The number of rotatable bonds is 8. The van der Waals surface area contributed by atoms with Crippen molar-refractivity contribution < 1.29 is 33.3 Å². The maximum Gasteiger partial charge on any atom is 0.352 e. The number of β-lactam (4-membered cyclic amide) rings is 1. The molecular weight excluding hydrogens is 508 g/mol. The van der Waals surface area contributed by atoms with Gasteiger partial charge in [0.1, 0.15) is 35.7 Å². The van der Waals surface area contributed by atoms with E-state index in [2.05, 4.69) is 15.5 Å². The molecule has 0 aromatic carbocycles. The van der Waals surface area contributed by atoms with E-state index in [4.69, 9.17) is 15.0 Å². The quantitative estimate of drug-likeness (QED) is 0.167. The summed E-state index contributed by atoms with van der Waals surface area (Å²) in [4.78, 5) is 48.4. The van der Waals surface area contributed by atoms with Gasteiger partial charge in [-0.1, -0.05) is 5.16 Å². The second kappa shape index (κ2) is 9.62. The summed E-state index contributed by atoms with van der Waals surface area (Å²) in [5.41, 5.74) is 6.88. The van der Waals surface area contributed by atoms with Gasteiger partial charge in [-0.05, 0) is 18.4 Å². The Morgan fingerprint density at radius 1 is 1.44 bits per heavy atom. The number of thioether (sulfide) groups is 1. The topological polar surface area (TPSA) is 164 Å². The molecule has 1 fully saturated rings. The number of thiophene rings is 1. The van der Waals surface area contributed by atoms with Gasteiger partial charge in [0.2, 0.25) is 5.52 Å². The van der Waals surface area contributed by atoms with Gasteiger partial charge >= 0.3 is 5.97 Å². The predicted molar refractivity (Wildman–Crippen MR) is 131 cm³/mol. The van der Waals surface area contributed by atoms with Gasteiger partial charge in [-0.15, -0.1) is 23.1 Å². The van der Waals surface area contributed by atoms with Gasteiger partial charge in [0, 0.05) is 23.5 Å². The van der Waals surface area contributed by atoms with Crippen LogP contribution in [0.3, 0.4) is 0 Å². The highest BCUT2D eigenvalue weighted by atomic mass is 32.2. The Balaban J connectivity index is 1.37. The molecule has 1 unspecified atom stereocenters. The Bertz CT molecular complexity index is 1430. The van der Waals surface area contributed by atoms with E-state index in [1.807, 2.05) is 34.3 Å². The van der Waals surface area contributed by atoms with Crippen molar-refractivity contribution in [1.29, 1.82) is 0 Å². The lowest BCUT2D eigenvalue weighted by Crippen LogP contribution is -2.71. The fourth-order valence-corrected chi connectivity index (χ4v) is 6.22.